The lowest BCUT2D eigenvalue weighted by atomic mass is 10.0. The number of benzene rings is 1. The topological polar surface area (TPSA) is 94.4 Å². The highest BCUT2D eigenvalue weighted by atomic mass is 16.5. The van der Waals surface area contributed by atoms with Crippen molar-refractivity contribution in [2.24, 2.45) is 0 Å². The lowest BCUT2D eigenvalue weighted by molar-refractivity contribution is -0.123. The highest BCUT2D eigenvalue weighted by molar-refractivity contribution is 5.86. The average molecular weight is 437 g/mol. The van der Waals surface area contributed by atoms with Crippen molar-refractivity contribution in [2.45, 2.75) is 45.3 Å². The number of ether oxygens (including phenoxy) is 2. The van der Waals surface area contributed by atoms with Gasteiger partial charge in [-0.15, -0.1) is 0 Å². The molecule has 0 spiro atoms. The van der Waals surface area contributed by atoms with Crippen molar-refractivity contribution in [3.05, 3.63) is 36.3 Å². The molecule has 0 saturated carbocycles. The lowest BCUT2D eigenvalue weighted by Gasteiger charge is -2.18. The third-order valence-electron chi connectivity index (χ3n) is 5.88. The molecule has 1 N–H and O–H groups in total. The van der Waals surface area contributed by atoms with Crippen LogP contribution in [0.1, 0.15) is 32.3 Å². The van der Waals surface area contributed by atoms with Gasteiger partial charge in [-0.3, -0.25) is 4.79 Å². The van der Waals surface area contributed by atoms with Crippen LogP contribution in [0.5, 0.6) is 11.5 Å². The fraction of sp³-hybridized carbons (Fsp3) is 0.478. The van der Waals surface area contributed by atoms with Crippen LogP contribution in [-0.4, -0.2) is 57.5 Å². The Morgan fingerprint density at radius 1 is 1.25 bits per heavy atom. The molecule has 1 saturated heterocycles. The molecular formula is C23H28N6O3. The molecule has 0 radical (unpaired) electrons. The Labute approximate surface area is 186 Å². The first-order chi connectivity index (χ1) is 15.5. The number of rotatable bonds is 7. The summed E-state index contributed by atoms with van der Waals surface area (Å²) in [5.41, 5.74) is 1.63. The number of anilines is 1. The summed E-state index contributed by atoms with van der Waals surface area (Å²) in [5, 5.41) is 8.30. The van der Waals surface area contributed by atoms with E-state index in [2.05, 4.69) is 25.3 Å². The summed E-state index contributed by atoms with van der Waals surface area (Å²) in [6, 6.07) is 5.79. The molecule has 0 unspecified atom stereocenters. The van der Waals surface area contributed by atoms with E-state index >= 15 is 0 Å². The molecule has 1 amide bonds. The Bertz CT molecular complexity index is 1140. The van der Waals surface area contributed by atoms with E-state index in [9.17, 15) is 4.79 Å². The minimum Gasteiger partial charge on any atom is -0.483 e. The van der Waals surface area contributed by atoms with E-state index in [1.165, 1.54) is 12.8 Å². The van der Waals surface area contributed by atoms with E-state index in [4.69, 9.17) is 9.47 Å². The second kappa shape index (κ2) is 8.29. The largest absolute Gasteiger partial charge is 0.483 e. The Morgan fingerprint density at radius 2 is 2.09 bits per heavy atom. The first kappa shape index (κ1) is 20.5. The van der Waals surface area contributed by atoms with Crippen molar-refractivity contribution in [1.82, 2.24) is 25.1 Å². The van der Waals surface area contributed by atoms with Gasteiger partial charge in [0.15, 0.2) is 23.8 Å². The summed E-state index contributed by atoms with van der Waals surface area (Å²) >= 11 is 0. The molecule has 0 atom stereocenters. The number of para-hydroxylation sites is 1. The van der Waals surface area contributed by atoms with Crippen LogP contribution in [0.2, 0.25) is 0 Å². The standard InChI is InChI=1S/C23H28N6O3/c1-23(2)12-16-6-5-7-18(20(16)32-23)31-14-19(30)24-8-11-29-22-17(13-27-29)21(25-15-26-22)28-9-3-4-10-28/h5-7,13,15H,3-4,8-12,14H2,1-2H3,(H,24,30). The van der Waals surface area contributed by atoms with Crippen LogP contribution in [0.25, 0.3) is 11.0 Å². The molecular weight excluding hydrogens is 408 g/mol. The summed E-state index contributed by atoms with van der Waals surface area (Å²) in [7, 11) is 0. The smallest absolute Gasteiger partial charge is 0.258 e. The molecule has 5 rings (SSSR count). The Balaban J connectivity index is 1.16. The van der Waals surface area contributed by atoms with Gasteiger partial charge in [-0.2, -0.15) is 5.10 Å². The van der Waals surface area contributed by atoms with Crippen LogP contribution in [-0.2, 0) is 17.8 Å². The van der Waals surface area contributed by atoms with Crippen LogP contribution >= 0.6 is 0 Å². The number of hydrogen-bond donors (Lipinski definition) is 1. The molecule has 2 aliphatic heterocycles. The average Bonchev–Trinajstić information content (AvgIpc) is 3.50. The summed E-state index contributed by atoms with van der Waals surface area (Å²) in [6.07, 6.45) is 6.59. The summed E-state index contributed by atoms with van der Waals surface area (Å²) in [6.45, 7) is 6.99. The number of amides is 1. The third kappa shape index (κ3) is 4.06. The van der Waals surface area contributed by atoms with Gasteiger partial charge in [-0.05, 0) is 32.8 Å². The zero-order valence-corrected chi connectivity index (χ0v) is 18.5. The van der Waals surface area contributed by atoms with Crippen molar-refractivity contribution in [3.8, 4) is 11.5 Å². The lowest BCUT2D eigenvalue weighted by Crippen LogP contribution is -2.32. The second-order valence-corrected chi connectivity index (χ2v) is 8.92. The Kier molecular flexibility index (Phi) is 5.32. The summed E-state index contributed by atoms with van der Waals surface area (Å²) in [4.78, 5) is 23.5. The minimum atomic E-state index is -0.255. The van der Waals surface area contributed by atoms with Gasteiger partial charge in [-0.1, -0.05) is 12.1 Å². The van der Waals surface area contributed by atoms with Gasteiger partial charge in [0.25, 0.3) is 5.91 Å². The molecule has 32 heavy (non-hydrogen) atoms. The molecule has 9 nitrogen and oxygen atoms in total. The van der Waals surface area contributed by atoms with E-state index in [0.717, 1.165) is 47.7 Å². The van der Waals surface area contributed by atoms with Gasteiger partial charge in [0.05, 0.1) is 18.1 Å². The monoisotopic (exact) mass is 436 g/mol. The van der Waals surface area contributed by atoms with Gasteiger partial charge < -0.3 is 19.7 Å². The van der Waals surface area contributed by atoms with Gasteiger partial charge in [0.1, 0.15) is 17.7 Å². The fourth-order valence-electron chi connectivity index (χ4n) is 4.42. The molecule has 2 aliphatic rings. The zero-order chi connectivity index (χ0) is 22.1. The maximum absolute atomic E-state index is 12.3. The molecule has 1 aromatic carbocycles. The van der Waals surface area contributed by atoms with Crippen LogP contribution in [0.4, 0.5) is 5.82 Å². The molecule has 0 aliphatic carbocycles. The molecule has 168 valence electrons. The van der Waals surface area contributed by atoms with Crippen molar-refractivity contribution < 1.29 is 14.3 Å². The van der Waals surface area contributed by atoms with E-state index in [0.29, 0.717) is 18.8 Å². The Hall–Kier alpha value is -3.36. The number of carbonyl (C=O) groups excluding carboxylic acids is 1. The third-order valence-corrected chi connectivity index (χ3v) is 5.88. The predicted octanol–water partition coefficient (Wildman–Crippen LogP) is 2.34. The van der Waals surface area contributed by atoms with Crippen molar-refractivity contribution in [1.29, 1.82) is 0 Å². The zero-order valence-electron chi connectivity index (χ0n) is 18.5. The van der Waals surface area contributed by atoms with E-state index < -0.39 is 0 Å². The highest BCUT2D eigenvalue weighted by Gasteiger charge is 2.32. The number of nitrogens with one attached hydrogen (secondary N) is 1. The van der Waals surface area contributed by atoms with Gasteiger partial charge in [-0.25, -0.2) is 14.6 Å². The molecule has 4 heterocycles. The quantitative estimate of drug-likeness (QED) is 0.607. The first-order valence-corrected chi connectivity index (χ1v) is 11.1. The number of nitrogens with zero attached hydrogens (tertiary/aromatic N) is 5. The Morgan fingerprint density at radius 3 is 2.94 bits per heavy atom. The predicted molar refractivity (Wildman–Crippen MR) is 120 cm³/mol. The molecule has 9 heteroatoms. The summed E-state index contributed by atoms with van der Waals surface area (Å²) in [5.74, 6) is 2.09. The van der Waals surface area contributed by atoms with Crippen LogP contribution in [0, 0.1) is 0 Å². The van der Waals surface area contributed by atoms with Crippen LogP contribution in [0.15, 0.2) is 30.7 Å². The van der Waals surface area contributed by atoms with Gasteiger partial charge >= 0.3 is 0 Å². The summed E-state index contributed by atoms with van der Waals surface area (Å²) < 4.78 is 13.5. The highest BCUT2D eigenvalue weighted by Crippen LogP contribution is 2.41. The second-order valence-electron chi connectivity index (χ2n) is 8.92. The first-order valence-electron chi connectivity index (χ1n) is 11.1. The van der Waals surface area contributed by atoms with Gasteiger partial charge in [0, 0.05) is 31.6 Å². The molecule has 1 fully saturated rings. The van der Waals surface area contributed by atoms with Crippen molar-refractivity contribution in [3.63, 3.8) is 0 Å². The van der Waals surface area contributed by atoms with Gasteiger partial charge in [0.2, 0.25) is 0 Å². The minimum absolute atomic E-state index is 0.0681. The number of fused-ring (bicyclic) bond motifs is 2. The normalized spacial score (nSPS) is 16.8. The maximum Gasteiger partial charge on any atom is 0.258 e. The number of hydrogen-bond acceptors (Lipinski definition) is 7. The number of aromatic nitrogens is 4. The van der Waals surface area contributed by atoms with E-state index in [1.54, 1.807) is 11.0 Å². The fourth-order valence-corrected chi connectivity index (χ4v) is 4.42. The van der Waals surface area contributed by atoms with E-state index in [-0.39, 0.29) is 18.1 Å². The van der Waals surface area contributed by atoms with Crippen molar-refractivity contribution >= 4 is 22.8 Å². The molecule has 0 bridgehead atoms. The van der Waals surface area contributed by atoms with Crippen LogP contribution in [0.3, 0.4) is 0 Å². The SMILES string of the molecule is CC1(C)Cc2cccc(OCC(=O)NCCn3ncc4c(N5CCCC5)ncnc43)c2O1. The molecule has 2 aromatic heterocycles. The van der Waals surface area contributed by atoms with Crippen molar-refractivity contribution in [2.75, 3.05) is 31.1 Å². The van der Waals surface area contributed by atoms with Crippen LogP contribution < -0.4 is 19.7 Å². The number of carbonyl (C=O) groups is 1. The molecule has 3 aromatic rings. The maximum atomic E-state index is 12.3. The van der Waals surface area contributed by atoms with E-state index in [1.807, 2.05) is 38.2 Å².